The van der Waals surface area contributed by atoms with Crippen LogP contribution in [-0.4, -0.2) is 50.7 Å². The molecule has 0 saturated heterocycles. The first kappa shape index (κ1) is 19.9. The highest BCUT2D eigenvalue weighted by molar-refractivity contribution is 5.89. The lowest BCUT2D eigenvalue weighted by Gasteiger charge is -2.30. The van der Waals surface area contributed by atoms with Crippen molar-refractivity contribution in [2.24, 2.45) is 20.2 Å². The predicted octanol–water partition coefficient (Wildman–Crippen LogP) is 1.58. The Labute approximate surface area is 184 Å². The molecule has 0 aromatic heterocycles. The summed E-state index contributed by atoms with van der Waals surface area (Å²) in [6, 6.07) is 11.2. The van der Waals surface area contributed by atoms with E-state index in [1.807, 2.05) is 36.4 Å². The SMILES string of the molecule is O=CC1c2ccccc2C(C=O)c2c1ccc(NNC1=NCCN1)c2N=NC1=NCCN1. The third kappa shape index (κ3) is 3.49. The van der Waals surface area contributed by atoms with Crippen LogP contribution in [0.4, 0.5) is 11.4 Å². The smallest absolute Gasteiger partial charge is 0.238 e. The van der Waals surface area contributed by atoms with Crippen molar-refractivity contribution in [1.29, 1.82) is 0 Å². The van der Waals surface area contributed by atoms with Gasteiger partial charge < -0.3 is 20.2 Å². The molecule has 0 saturated carbocycles. The van der Waals surface area contributed by atoms with Crippen molar-refractivity contribution < 1.29 is 9.59 Å². The van der Waals surface area contributed by atoms with Crippen LogP contribution in [-0.2, 0) is 9.59 Å². The molecule has 2 unspecified atom stereocenters. The number of anilines is 1. The Morgan fingerprint density at radius 2 is 1.59 bits per heavy atom. The van der Waals surface area contributed by atoms with Gasteiger partial charge in [0.15, 0.2) is 0 Å². The number of guanidine groups is 2. The van der Waals surface area contributed by atoms with Gasteiger partial charge in [-0.15, -0.1) is 10.2 Å². The summed E-state index contributed by atoms with van der Waals surface area (Å²) in [4.78, 5) is 33.0. The number of hydrogen-bond acceptors (Lipinski definition) is 10. The Morgan fingerprint density at radius 3 is 2.28 bits per heavy atom. The van der Waals surface area contributed by atoms with Crippen LogP contribution in [0.5, 0.6) is 0 Å². The molecule has 0 radical (unpaired) electrons. The summed E-state index contributed by atoms with van der Waals surface area (Å²) in [6.07, 6.45) is 1.80. The Bertz CT molecular complexity index is 1160. The number of rotatable bonds is 5. The molecule has 4 N–H and O–H groups in total. The fraction of sp³-hybridized carbons (Fsp3) is 0.273. The lowest BCUT2D eigenvalue weighted by molar-refractivity contribution is -0.109. The van der Waals surface area contributed by atoms with Crippen LogP contribution < -0.4 is 21.5 Å². The molecule has 2 aromatic rings. The van der Waals surface area contributed by atoms with Gasteiger partial charge in [0.05, 0.1) is 30.6 Å². The molecule has 2 heterocycles. The summed E-state index contributed by atoms with van der Waals surface area (Å²) < 4.78 is 0. The van der Waals surface area contributed by atoms with Crippen molar-refractivity contribution in [3.05, 3.63) is 58.7 Å². The van der Waals surface area contributed by atoms with Gasteiger partial charge in [0.2, 0.25) is 11.9 Å². The van der Waals surface area contributed by atoms with Crippen LogP contribution in [0, 0.1) is 0 Å². The molecule has 10 nitrogen and oxygen atoms in total. The quantitative estimate of drug-likeness (QED) is 0.324. The van der Waals surface area contributed by atoms with Gasteiger partial charge in [-0.25, -0.2) is 4.99 Å². The fourth-order valence-corrected chi connectivity index (χ4v) is 4.28. The second-order valence-corrected chi connectivity index (χ2v) is 7.56. The van der Waals surface area contributed by atoms with Crippen LogP contribution in [0.3, 0.4) is 0 Å². The van der Waals surface area contributed by atoms with Gasteiger partial charge in [0.1, 0.15) is 18.3 Å². The van der Waals surface area contributed by atoms with Crippen LogP contribution >= 0.6 is 0 Å². The van der Waals surface area contributed by atoms with E-state index >= 15 is 0 Å². The molecule has 0 bridgehead atoms. The summed E-state index contributed by atoms with van der Waals surface area (Å²) in [5, 5.41) is 14.9. The third-order valence-corrected chi connectivity index (χ3v) is 5.73. The van der Waals surface area contributed by atoms with E-state index < -0.39 is 11.8 Å². The van der Waals surface area contributed by atoms with Gasteiger partial charge in [-0.2, -0.15) is 0 Å². The van der Waals surface area contributed by atoms with E-state index in [0.29, 0.717) is 48.5 Å². The predicted molar refractivity (Wildman–Crippen MR) is 121 cm³/mol. The molecule has 0 amide bonds. The summed E-state index contributed by atoms with van der Waals surface area (Å²) >= 11 is 0. The zero-order valence-corrected chi connectivity index (χ0v) is 17.2. The first-order chi connectivity index (χ1) is 15.8. The molecule has 2 atom stereocenters. The first-order valence-electron chi connectivity index (χ1n) is 10.5. The van der Waals surface area contributed by atoms with Gasteiger partial charge in [-0.3, -0.25) is 15.8 Å². The van der Waals surface area contributed by atoms with E-state index in [1.54, 1.807) is 0 Å². The second kappa shape index (κ2) is 8.58. The molecule has 5 rings (SSSR count). The van der Waals surface area contributed by atoms with Gasteiger partial charge >= 0.3 is 0 Å². The zero-order chi connectivity index (χ0) is 21.9. The number of nitrogens with zero attached hydrogens (tertiary/aromatic N) is 4. The molecule has 10 heteroatoms. The molecule has 2 aliphatic heterocycles. The van der Waals surface area contributed by atoms with Gasteiger partial charge in [-0.05, 0) is 22.8 Å². The Hall–Kier alpha value is -4.08. The number of aldehydes is 2. The number of aliphatic imine (C=N–C) groups is 2. The maximum Gasteiger partial charge on any atom is 0.238 e. The highest BCUT2D eigenvalue weighted by Crippen LogP contribution is 2.48. The summed E-state index contributed by atoms with van der Waals surface area (Å²) in [5.41, 5.74) is 10.3. The van der Waals surface area contributed by atoms with Crippen LogP contribution in [0.25, 0.3) is 0 Å². The third-order valence-electron chi connectivity index (χ3n) is 5.73. The zero-order valence-electron chi connectivity index (χ0n) is 17.2. The van der Waals surface area contributed by atoms with Gasteiger partial charge in [0.25, 0.3) is 0 Å². The molecular weight excluding hydrogens is 408 g/mol. The van der Waals surface area contributed by atoms with Gasteiger partial charge in [0, 0.05) is 18.7 Å². The standard InChI is InChI=1S/C22H22N8O2/c31-11-16-13-3-1-2-4-14(13)17(12-32)19-15(16)5-6-18(27-29-21-23-7-8-24-21)20(19)28-30-22-25-9-10-26-22/h1-6,11-12,16-17,27H,7-10H2,(H,25,26)(H2,23,24,29). The van der Waals surface area contributed by atoms with Crippen LogP contribution in [0.2, 0.25) is 0 Å². The normalized spacial score (nSPS) is 21.0. The maximum atomic E-state index is 12.3. The molecule has 32 heavy (non-hydrogen) atoms. The average Bonchev–Trinajstić information content (AvgIpc) is 3.54. The molecule has 0 spiro atoms. The minimum absolute atomic E-state index is 0.439. The van der Waals surface area contributed by atoms with E-state index in [1.165, 1.54) is 0 Å². The number of benzene rings is 2. The molecule has 0 fully saturated rings. The number of nitrogens with one attached hydrogen (secondary N) is 4. The van der Waals surface area contributed by atoms with E-state index in [9.17, 15) is 9.59 Å². The number of azo groups is 1. The first-order valence-corrected chi connectivity index (χ1v) is 10.5. The molecule has 162 valence electrons. The number of hydrogen-bond donors (Lipinski definition) is 4. The molecule has 2 aromatic carbocycles. The topological polar surface area (TPSA) is 132 Å². The lowest BCUT2D eigenvalue weighted by Crippen LogP contribution is -2.37. The Kier molecular flexibility index (Phi) is 5.32. The molecule has 3 aliphatic rings. The van der Waals surface area contributed by atoms with E-state index in [4.69, 9.17) is 0 Å². The highest BCUT2D eigenvalue weighted by Gasteiger charge is 2.35. The second-order valence-electron chi connectivity index (χ2n) is 7.56. The highest BCUT2D eigenvalue weighted by atomic mass is 16.1. The van der Waals surface area contributed by atoms with Crippen LogP contribution in [0.15, 0.2) is 56.6 Å². The van der Waals surface area contributed by atoms with Gasteiger partial charge in [-0.1, -0.05) is 30.3 Å². The number of carbonyl (C=O) groups excluding carboxylic acids is 2. The largest absolute Gasteiger partial charge is 0.353 e. The number of fused-ring (bicyclic) bond motifs is 2. The van der Waals surface area contributed by atoms with Crippen molar-refractivity contribution in [2.75, 3.05) is 31.6 Å². The van der Waals surface area contributed by atoms with E-state index in [0.717, 1.165) is 35.8 Å². The summed E-state index contributed by atoms with van der Waals surface area (Å²) in [5.74, 6) is -0.00524. The van der Waals surface area contributed by atoms with Crippen molar-refractivity contribution >= 4 is 35.9 Å². The molecule has 1 aliphatic carbocycles. The maximum absolute atomic E-state index is 12.3. The monoisotopic (exact) mass is 430 g/mol. The minimum atomic E-state index is -0.575. The average molecular weight is 430 g/mol. The van der Waals surface area contributed by atoms with E-state index in [2.05, 4.69) is 41.7 Å². The Balaban J connectivity index is 1.64. The molecular formula is C22H22N8O2. The van der Waals surface area contributed by atoms with E-state index in [-0.39, 0.29) is 0 Å². The minimum Gasteiger partial charge on any atom is -0.353 e. The van der Waals surface area contributed by atoms with Crippen molar-refractivity contribution in [3.63, 3.8) is 0 Å². The number of hydrazine groups is 1. The summed E-state index contributed by atoms with van der Waals surface area (Å²) in [7, 11) is 0. The lowest BCUT2D eigenvalue weighted by atomic mass is 9.72. The van der Waals surface area contributed by atoms with Crippen molar-refractivity contribution in [2.45, 2.75) is 11.8 Å². The fourth-order valence-electron chi connectivity index (χ4n) is 4.28. The van der Waals surface area contributed by atoms with Crippen molar-refractivity contribution in [3.8, 4) is 0 Å². The van der Waals surface area contributed by atoms with Crippen LogP contribution in [0.1, 0.15) is 34.1 Å². The number of carbonyl (C=O) groups is 2. The van der Waals surface area contributed by atoms with Crippen molar-refractivity contribution in [1.82, 2.24) is 16.1 Å². The summed E-state index contributed by atoms with van der Waals surface area (Å²) in [6.45, 7) is 2.79. The Morgan fingerprint density at radius 1 is 0.844 bits per heavy atom.